The van der Waals surface area contributed by atoms with E-state index in [1.54, 1.807) is 0 Å². The Kier molecular flexibility index (Phi) is 6.38. The Morgan fingerprint density at radius 2 is 2.10 bits per heavy atom. The van der Waals surface area contributed by atoms with Crippen molar-refractivity contribution in [3.05, 3.63) is 30.3 Å². The predicted molar refractivity (Wildman–Crippen MR) is 91.1 cm³/mol. The van der Waals surface area contributed by atoms with Gasteiger partial charge in [0.2, 0.25) is 0 Å². The van der Waals surface area contributed by atoms with Crippen molar-refractivity contribution in [3.63, 3.8) is 0 Å². The molecule has 2 N–H and O–H groups in total. The molecule has 4 heteroatoms. The summed E-state index contributed by atoms with van der Waals surface area (Å²) >= 11 is 0. The van der Waals surface area contributed by atoms with Gasteiger partial charge in [0.05, 0.1) is 0 Å². The van der Waals surface area contributed by atoms with E-state index < -0.39 is 0 Å². The maximum atomic E-state index is 4.32. The molecule has 0 saturated carbocycles. The average Bonchev–Trinajstić information content (AvgIpc) is 3.00. The van der Waals surface area contributed by atoms with Gasteiger partial charge in [0.15, 0.2) is 5.96 Å². The van der Waals surface area contributed by atoms with Gasteiger partial charge in [-0.2, -0.15) is 0 Å². The molecule has 21 heavy (non-hydrogen) atoms. The van der Waals surface area contributed by atoms with E-state index >= 15 is 0 Å². The molecule has 0 radical (unpaired) electrons. The quantitative estimate of drug-likeness (QED) is 0.480. The van der Waals surface area contributed by atoms with E-state index in [0.717, 1.165) is 32.0 Å². The third-order valence-corrected chi connectivity index (χ3v) is 3.95. The summed E-state index contributed by atoms with van der Waals surface area (Å²) < 4.78 is 0. The number of rotatable bonds is 6. The predicted octanol–water partition coefficient (Wildman–Crippen LogP) is 2.62. The first-order valence-electron chi connectivity index (χ1n) is 8.10. The maximum absolute atomic E-state index is 4.32. The van der Waals surface area contributed by atoms with Crippen molar-refractivity contribution in [2.75, 3.05) is 31.6 Å². The van der Waals surface area contributed by atoms with Crippen molar-refractivity contribution in [1.82, 2.24) is 10.6 Å². The van der Waals surface area contributed by atoms with Crippen molar-refractivity contribution in [3.8, 4) is 0 Å². The van der Waals surface area contributed by atoms with E-state index in [0.29, 0.717) is 6.04 Å². The van der Waals surface area contributed by atoms with Crippen LogP contribution in [0.5, 0.6) is 0 Å². The second kappa shape index (κ2) is 8.55. The van der Waals surface area contributed by atoms with Gasteiger partial charge in [0, 0.05) is 38.4 Å². The van der Waals surface area contributed by atoms with Gasteiger partial charge in [-0.15, -0.1) is 0 Å². The molecule has 4 nitrogen and oxygen atoms in total. The first kappa shape index (κ1) is 15.7. The van der Waals surface area contributed by atoms with E-state index in [9.17, 15) is 0 Å². The Labute approximate surface area is 128 Å². The fraction of sp³-hybridized carbons (Fsp3) is 0.588. The van der Waals surface area contributed by atoms with Gasteiger partial charge < -0.3 is 15.5 Å². The summed E-state index contributed by atoms with van der Waals surface area (Å²) in [6, 6.07) is 11.1. The van der Waals surface area contributed by atoms with Crippen LogP contribution in [0.3, 0.4) is 0 Å². The van der Waals surface area contributed by atoms with Crippen LogP contribution >= 0.6 is 0 Å². The summed E-state index contributed by atoms with van der Waals surface area (Å²) in [4.78, 5) is 6.76. The Morgan fingerprint density at radius 1 is 1.29 bits per heavy atom. The van der Waals surface area contributed by atoms with E-state index in [-0.39, 0.29) is 0 Å². The first-order valence-corrected chi connectivity index (χ1v) is 8.10. The minimum Gasteiger partial charge on any atom is -0.369 e. The van der Waals surface area contributed by atoms with Crippen LogP contribution in [-0.4, -0.2) is 38.7 Å². The smallest absolute Gasteiger partial charge is 0.191 e. The van der Waals surface area contributed by atoms with Crippen LogP contribution in [0.25, 0.3) is 0 Å². The fourth-order valence-corrected chi connectivity index (χ4v) is 2.72. The molecule has 1 aliphatic heterocycles. The Balaban J connectivity index is 1.76. The lowest BCUT2D eigenvalue weighted by molar-refractivity contribution is 0.633. The van der Waals surface area contributed by atoms with Crippen molar-refractivity contribution in [2.24, 2.45) is 4.99 Å². The van der Waals surface area contributed by atoms with Gasteiger partial charge in [-0.1, -0.05) is 38.0 Å². The van der Waals surface area contributed by atoms with Crippen LogP contribution < -0.4 is 15.5 Å². The zero-order valence-corrected chi connectivity index (χ0v) is 13.3. The summed E-state index contributed by atoms with van der Waals surface area (Å²) in [5.74, 6) is 0.936. The van der Waals surface area contributed by atoms with Crippen molar-refractivity contribution < 1.29 is 0 Å². The number of benzene rings is 1. The van der Waals surface area contributed by atoms with E-state index in [1.807, 2.05) is 7.05 Å². The molecule has 1 aromatic rings. The highest BCUT2D eigenvalue weighted by Crippen LogP contribution is 2.19. The highest BCUT2D eigenvalue weighted by atomic mass is 15.2. The molecular weight excluding hydrogens is 260 g/mol. The zero-order valence-electron chi connectivity index (χ0n) is 13.3. The number of unbranched alkanes of at least 4 members (excludes halogenated alkanes) is 2. The molecule has 0 spiro atoms. The number of para-hydroxylation sites is 1. The van der Waals surface area contributed by atoms with Crippen LogP contribution in [0, 0.1) is 0 Å². The number of anilines is 1. The van der Waals surface area contributed by atoms with E-state index in [2.05, 4.69) is 57.8 Å². The molecular formula is C17H28N4. The molecule has 1 aliphatic rings. The molecule has 0 aromatic heterocycles. The third kappa shape index (κ3) is 4.96. The lowest BCUT2D eigenvalue weighted by Crippen LogP contribution is -2.44. The molecule has 1 atom stereocenters. The maximum Gasteiger partial charge on any atom is 0.191 e. The molecule has 1 heterocycles. The minimum atomic E-state index is 0.475. The number of guanidine groups is 1. The normalized spacial score (nSPS) is 18.9. The Hall–Kier alpha value is -1.71. The summed E-state index contributed by atoms with van der Waals surface area (Å²) in [5, 5.41) is 6.95. The minimum absolute atomic E-state index is 0.475. The molecule has 116 valence electrons. The average molecular weight is 288 g/mol. The lowest BCUT2D eigenvalue weighted by atomic mass is 10.2. The fourth-order valence-electron chi connectivity index (χ4n) is 2.72. The molecule has 1 saturated heterocycles. The van der Waals surface area contributed by atoms with Crippen molar-refractivity contribution in [2.45, 2.75) is 38.6 Å². The Bertz CT molecular complexity index is 430. The molecule has 2 rings (SSSR count). The number of nitrogens with zero attached hydrogens (tertiary/aromatic N) is 2. The van der Waals surface area contributed by atoms with Crippen LogP contribution in [-0.2, 0) is 0 Å². The number of hydrogen-bond donors (Lipinski definition) is 2. The summed E-state index contributed by atoms with van der Waals surface area (Å²) in [7, 11) is 1.85. The van der Waals surface area contributed by atoms with Crippen molar-refractivity contribution >= 4 is 11.6 Å². The summed E-state index contributed by atoms with van der Waals surface area (Å²) in [6.07, 6.45) is 4.89. The van der Waals surface area contributed by atoms with Gasteiger partial charge in [-0.05, 0) is 25.0 Å². The number of nitrogens with one attached hydrogen (secondary N) is 2. The zero-order chi connectivity index (χ0) is 14.9. The molecule has 0 bridgehead atoms. The summed E-state index contributed by atoms with van der Waals surface area (Å²) in [6.45, 7) is 5.38. The first-order chi connectivity index (χ1) is 10.3. The second-order valence-electron chi connectivity index (χ2n) is 5.62. The molecule has 1 fully saturated rings. The molecule has 0 amide bonds. The monoisotopic (exact) mass is 288 g/mol. The lowest BCUT2D eigenvalue weighted by Gasteiger charge is -2.20. The van der Waals surface area contributed by atoms with Crippen LogP contribution in [0.1, 0.15) is 32.6 Å². The number of hydrogen-bond acceptors (Lipinski definition) is 2. The van der Waals surface area contributed by atoms with Gasteiger partial charge in [-0.25, -0.2) is 0 Å². The third-order valence-electron chi connectivity index (χ3n) is 3.95. The van der Waals surface area contributed by atoms with Gasteiger partial charge >= 0.3 is 0 Å². The molecule has 0 aliphatic carbocycles. The molecule has 1 aromatic carbocycles. The molecule has 1 unspecified atom stereocenters. The second-order valence-corrected chi connectivity index (χ2v) is 5.62. The van der Waals surface area contributed by atoms with Gasteiger partial charge in [0.25, 0.3) is 0 Å². The largest absolute Gasteiger partial charge is 0.369 e. The highest BCUT2D eigenvalue weighted by Gasteiger charge is 2.23. The van der Waals surface area contributed by atoms with Crippen LogP contribution in [0.4, 0.5) is 5.69 Å². The summed E-state index contributed by atoms with van der Waals surface area (Å²) in [5.41, 5.74) is 1.31. The van der Waals surface area contributed by atoms with Crippen LogP contribution in [0.15, 0.2) is 35.3 Å². The van der Waals surface area contributed by atoms with Crippen molar-refractivity contribution in [1.29, 1.82) is 0 Å². The van der Waals surface area contributed by atoms with E-state index in [4.69, 9.17) is 0 Å². The SMILES string of the molecule is CCCCCNC(=NC)NC1CCN(c2ccccc2)C1. The Morgan fingerprint density at radius 3 is 2.81 bits per heavy atom. The standard InChI is InChI=1S/C17H28N4/c1-3-4-8-12-19-17(18-2)20-15-11-13-21(14-15)16-9-6-5-7-10-16/h5-7,9-10,15H,3-4,8,11-14H2,1-2H3,(H2,18,19,20). The van der Waals surface area contributed by atoms with E-state index in [1.165, 1.54) is 24.9 Å². The number of aliphatic imine (C=N–C) groups is 1. The van der Waals surface area contributed by atoms with Gasteiger partial charge in [0.1, 0.15) is 0 Å². The van der Waals surface area contributed by atoms with Gasteiger partial charge in [-0.3, -0.25) is 4.99 Å². The highest BCUT2D eigenvalue weighted by molar-refractivity contribution is 5.80. The topological polar surface area (TPSA) is 39.7 Å². The van der Waals surface area contributed by atoms with Crippen LogP contribution in [0.2, 0.25) is 0 Å².